The minimum absolute atomic E-state index is 0. The molecule has 8 nitrogen and oxygen atoms in total. The number of rotatable bonds is 4. The Morgan fingerprint density at radius 1 is 1.13 bits per heavy atom. The van der Waals surface area contributed by atoms with E-state index in [1.165, 1.54) is 11.8 Å². The lowest BCUT2D eigenvalue weighted by Gasteiger charge is -2.29. The molecule has 0 spiro atoms. The van der Waals surface area contributed by atoms with Gasteiger partial charge in [0.15, 0.2) is 5.17 Å². The van der Waals surface area contributed by atoms with Crippen LogP contribution < -0.4 is 11.2 Å². The van der Waals surface area contributed by atoms with Crippen LogP contribution in [-0.4, -0.2) is 39.3 Å². The van der Waals surface area contributed by atoms with Gasteiger partial charge in [-0.3, -0.25) is 0 Å². The van der Waals surface area contributed by atoms with Gasteiger partial charge in [-0.05, 0) is 65.0 Å². The number of hydrogen-bond acceptors (Lipinski definition) is 6. The molecule has 0 atom stereocenters. The van der Waals surface area contributed by atoms with Gasteiger partial charge in [0.25, 0.3) is 0 Å². The van der Waals surface area contributed by atoms with Crippen molar-refractivity contribution >= 4 is 58.8 Å². The van der Waals surface area contributed by atoms with E-state index in [9.17, 15) is 9.59 Å². The number of aliphatic imine (C=N–C) groups is 1. The number of nitrogens with zero attached hydrogens (tertiary/aromatic N) is 2. The molecule has 0 fully saturated rings. The lowest BCUT2D eigenvalue weighted by molar-refractivity contribution is -0.000653. The number of halogens is 1. The van der Waals surface area contributed by atoms with Gasteiger partial charge in [-0.2, -0.15) is 0 Å². The van der Waals surface area contributed by atoms with Crippen molar-refractivity contribution in [3.8, 4) is 0 Å². The Kier molecular flexibility index (Phi) is 11.5. The van der Waals surface area contributed by atoms with Crippen LogP contribution in [0.15, 0.2) is 29.3 Å². The van der Waals surface area contributed by atoms with Gasteiger partial charge in [-0.1, -0.05) is 30.8 Å². The number of carbonyl (C=O) groups is 2. The Hall–Kier alpha value is -1.69. The molecule has 1 aromatic carbocycles. The lowest BCUT2D eigenvalue weighted by atomic mass is 10.2. The number of nitrogens with two attached hydrogens (primary N) is 1. The summed E-state index contributed by atoms with van der Waals surface area (Å²) in [6, 6.07) is 7.22. The molecule has 1 rings (SSSR count). The molecular formula is C20H33IN4O4S. The fourth-order valence-electron chi connectivity index (χ4n) is 2.09. The van der Waals surface area contributed by atoms with Gasteiger partial charge in [0, 0.05) is 0 Å². The number of carbonyl (C=O) groups excluding carboxylic acids is 2. The van der Waals surface area contributed by atoms with Gasteiger partial charge in [-0.15, -0.1) is 24.0 Å². The van der Waals surface area contributed by atoms with E-state index in [0.717, 1.165) is 16.3 Å². The van der Waals surface area contributed by atoms with Crippen molar-refractivity contribution < 1.29 is 19.1 Å². The quantitative estimate of drug-likeness (QED) is 0.231. The predicted molar refractivity (Wildman–Crippen MR) is 132 cm³/mol. The molecule has 0 heterocycles. The summed E-state index contributed by atoms with van der Waals surface area (Å²) in [4.78, 5) is 29.1. The third-order valence-electron chi connectivity index (χ3n) is 3.02. The Morgan fingerprint density at radius 2 is 1.73 bits per heavy atom. The fourth-order valence-corrected chi connectivity index (χ4v) is 2.56. The SMILES string of the molecule is CCSC(N)=Nc1cccc(CN(NC(=O)OC(C)(C)C)C(=O)OC(C)(C)C)c1.I. The number of nitrogens with one attached hydrogen (secondary N) is 1. The minimum Gasteiger partial charge on any atom is -0.443 e. The van der Waals surface area contributed by atoms with Gasteiger partial charge in [0.2, 0.25) is 0 Å². The van der Waals surface area contributed by atoms with Gasteiger partial charge >= 0.3 is 12.2 Å². The number of thioether (sulfide) groups is 1. The predicted octanol–water partition coefficient (Wildman–Crippen LogP) is 5.18. The Bertz CT molecular complexity index is 745. The molecule has 30 heavy (non-hydrogen) atoms. The zero-order valence-electron chi connectivity index (χ0n) is 18.6. The van der Waals surface area contributed by atoms with Crippen LogP contribution in [0.4, 0.5) is 15.3 Å². The van der Waals surface area contributed by atoms with E-state index < -0.39 is 23.4 Å². The van der Waals surface area contributed by atoms with Gasteiger partial charge in [0.1, 0.15) is 11.2 Å². The molecule has 0 aromatic heterocycles. The van der Waals surface area contributed by atoms with Crippen LogP contribution in [-0.2, 0) is 16.0 Å². The molecule has 0 saturated heterocycles. The number of amidine groups is 1. The molecule has 0 saturated carbocycles. The highest BCUT2D eigenvalue weighted by Crippen LogP contribution is 2.18. The van der Waals surface area contributed by atoms with E-state index >= 15 is 0 Å². The summed E-state index contributed by atoms with van der Waals surface area (Å²) in [7, 11) is 0. The summed E-state index contributed by atoms with van der Waals surface area (Å²) in [5.41, 5.74) is 8.30. The second-order valence-electron chi connectivity index (χ2n) is 8.23. The lowest BCUT2D eigenvalue weighted by Crippen LogP contribution is -2.49. The topological polar surface area (TPSA) is 106 Å². The first-order chi connectivity index (χ1) is 13.3. The largest absolute Gasteiger partial charge is 0.443 e. The highest BCUT2D eigenvalue weighted by molar-refractivity contribution is 14.0. The molecular weight excluding hydrogens is 519 g/mol. The Balaban J connectivity index is 0.00000841. The van der Waals surface area contributed by atoms with E-state index in [1.54, 1.807) is 53.7 Å². The van der Waals surface area contributed by atoms with Crippen LogP contribution in [0.3, 0.4) is 0 Å². The van der Waals surface area contributed by atoms with Crippen molar-refractivity contribution in [1.82, 2.24) is 10.4 Å². The first kappa shape index (κ1) is 28.3. The maximum Gasteiger partial charge on any atom is 0.429 e. The third kappa shape index (κ3) is 12.1. The van der Waals surface area contributed by atoms with Crippen LogP contribution in [0, 0.1) is 0 Å². The van der Waals surface area contributed by atoms with Gasteiger partial charge in [-0.25, -0.2) is 25.0 Å². The number of hydrogen-bond donors (Lipinski definition) is 2. The number of ether oxygens (including phenoxy) is 2. The van der Waals surface area contributed by atoms with Crippen LogP contribution in [0.25, 0.3) is 0 Å². The van der Waals surface area contributed by atoms with E-state index in [-0.39, 0.29) is 30.5 Å². The van der Waals surface area contributed by atoms with Crippen LogP contribution >= 0.6 is 35.7 Å². The van der Waals surface area contributed by atoms with E-state index in [0.29, 0.717) is 10.9 Å². The Morgan fingerprint density at radius 3 is 2.27 bits per heavy atom. The third-order valence-corrected chi connectivity index (χ3v) is 3.70. The molecule has 0 radical (unpaired) electrons. The smallest absolute Gasteiger partial charge is 0.429 e. The maximum atomic E-state index is 12.6. The van der Waals surface area contributed by atoms with Crippen molar-refractivity contribution in [3.63, 3.8) is 0 Å². The second kappa shape index (κ2) is 12.2. The summed E-state index contributed by atoms with van der Waals surface area (Å²) in [5, 5.41) is 1.53. The molecule has 170 valence electrons. The average molecular weight is 552 g/mol. The molecule has 0 aliphatic rings. The number of benzene rings is 1. The van der Waals surface area contributed by atoms with Crippen molar-refractivity contribution in [2.75, 3.05) is 5.75 Å². The summed E-state index contributed by atoms with van der Waals surface area (Å²) in [6.45, 7) is 12.5. The van der Waals surface area contributed by atoms with E-state index in [1.807, 2.05) is 19.1 Å². The molecule has 0 aliphatic heterocycles. The van der Waals surface area contributed by atoms with Crippen molar-refractivity contribution in [3.05, 3.63) is 29.8 Å². The van der Waals surface area contributed by atoms with Crippen molar-refractivity contribution in [2.24, 2.45) is 10.7 Å². The van der Waals surface area contributed by atoms with Gasteiger partial charge in [0.05, 0.1) is 12.2 Å². The minimum atomic E-state index is -0.749. The monoisotopic (exact) mass is 552 g/mol. The highest BCUT2D eigenvalue weighted by atomic mass is 127. The normalized spacial score (nSPS) is 11.9. The zero-order chi connectivity index (χ0) is 22.2. The Labute approximate surface area is 200 Å². The summed E-state index contributed by atoms with van der Waals surface area (Å²) in [5.74, 6) is 0.821. The first-order valence-corrected chi connectivity index (χ1v) is 10.3. The molecule has 2 amide bonds. The van der Waals surface area contributed by atoms with E-state index in [4.69, 9.17) is 15.2 Å². The number of hydrazine groups is 1. The van der Waals surface area contributed by atoms with Crippen molar-refractivity contribution in [1.29, 1.82) is 0 Å². The standard InChI is InChI=1S/C20H32N4O4S.HI/c1-8-29-16(21)22-15-11-9-10-14(12-15)13-24(18(26)28-20(5,6)7)23-17(25)27-19(2,3)4;/h9-12H,8,13H2,1-7H3,(H2,21,22)(H,23,25);1H. The second-order valence-corrected chi connectivity index (χ2v) is 9.52. The van der Waals surface area contributed by atoms with Crippen LogP contribution in [0.2, 0.25) is 0 Å². The first-order valence-electron chi connectivity index (χ1n) is 9.35. The molecule has 0 aliphatic carbocycles. The summed E-state index contributed by atoms with van der Waals surface area (Å²) < 4.78 is 10.6. The average Bonchev–Trinajstić information content (AvgIpc) is 2.51. The molecule has 10 heteroatoms. The molecule has 0 bridgehead atoms. The zero-order valence-corrected chi connectivity index (χ0v) is 21.8. The van der Waals surface area contributed by atoms with Crippen LogP contribution in [0.5, 0.6) is 0 Å². The van der Waals surface area contributed by atoms with Gasteiger partial charge < -0.3 is 15.2 Å². The molecule has 1 aromatic rings. The summed E-state index contributed by atoms with van der Waals surface area (Å²) >= 11 is 1.44. The van der Waals surface area contributed by atoms with E-state index in [2.05, 4.69) is 10.4 Å². The summed E-state index contributed by atoms with van der Waals surface area (Å²) in [6.07, 6.45) is -1.44. The molecule has 0 unspecified atom stereocenters. The number of amides is 2. The maximum absolute atomic E-state index is 12.6. The van der Waals surface area contributed by atoms with Crippen LogP contribution in [0.1, 0.15) is 54.0 Å². The highest BCUT2D eigenvalue weighted by Gasteiger charge is 2.26. The van der Waals surface area contributed by atoms with Crippen molar-refractivity contribution in [2.45, 2.75) is 66.2 Å². The molecule has 3 N–H and O–H groups in total. The fraction of sp³-hybridized carbons (Fsp3) is 0.550.